The molecule has 2 aliphatic carbocycles. The van der Waals surface area contributed by atoms with Gasteiger partial charge in [-0.25, -0.2) is 13.2 Å². The Morgan fingerprint density at radius 2 is 1.93 bits per heavy atom. The molecule has 4 atom stereocenters. The van der Waals surface area contributed by atoms with Crippen molar-refractivity contribution in [2.75, 3.05) is 12.9 Å². The molecule has 2 saturated carbocycles. The molecule has 0 aliphatic heterocycles. The van der Waals surface area contributed by atoms with E-state index in [0.29, 0.717) is 17.8 Å². The van der Waals surface area contributed by atoms with Crippen LogP contribution in [0.2, 0.25) is 0 Å². The van der Waals surface area contributed by atoms with Crippen molar-refractivity contribution in [2.45, 2.75) is 57.8 Å². The lowest BCUT2D eigenvalue weighted by Crippen LogP contribution is -2.45. The molecule has 0 aromatic heterocycles. The van der Waals surface area contributed by atoms with Gasteiger partial charge in [0.25, 0.3) is 0 Å². The second kappa shape index (κ2) is 7.69. The highest BCUT2D eigenvalue weighted by molar-refractivity contribution is 7.91. The van der Waals surface area contributed by atoms with Gasteiger partial charge in [-0.15, -0.1) is 0 Å². The SMILES string of the molecule is COc1cc(C(=O)O)cc(S(=O)(=O)CC2C(C)CCC3C2CCCC3(C)C)c1. The first-order valence-electron chi connectivity index (χ1n) is 10.2. The Balaban J connectivity index is 1.93. The number of carboxylic acids is 1. The van der Waals surface area contributed by atoms with Crippen LogP contribution in [0.3, 0.4) is 0 Å². The predicted molar refractivity (Wildman–Crippen MR) is 109 cm³/mol. The van der Waals surface area contributed by atoms with Gasteiger partial charge in [0.15, 0.2) is 9.84 Å². The third-order valence-corrected chi connectivity index (χ3v) is 9.00. The van der Waals surface area contributed by atoms with Crippen LogP contribution < -0.4 is 4.74 Å². The molecule has 28 heavy (non-hydrogen) atoms. The van der Waals surface area contributed by atoms with Crippen molar-refractivity contribution in [1.29, 1.82) is 0 Å². The van der Waals surface area contributed by atoms with Crippen LogP contribution >= 0.6 is 0 Å². The minimum Gasteiger partial charge on any atom is -0.497 e. The van der Waals surface area contributed by atoms with Crippen LogP contribution in [-0.2, 0) is 9.84 Å². The lowest BCUT2D eigenvalue weighted by atomic mass is 9.54. The molecule has 6 heteroatoms. The number of carboxylic acid groups (broad SMARTS) is 1. The normalized spacial score (nSPS) is 29.7. The second-order valence-electron chi connectivity index (χ2n) is 9.35. The number of sulfone groups is 1. The lowest BCUT2D eigenvalue weighted by molar-refractivity contribution is -0.0118. The van der Waals surface area contributed by atoms with E-state index in [0.717, 1.165) is 19.3 Å². The Morgan fingerprint density at radius 1 is 1.21 bits per heavy atom. The Morgan fingerprint density at radius 3 is 2.57 bits per heavy atom. The first-order chi connectivity index (χ1) is 13.0. The molecule has 5 nitrogen and oxygen atoms in total. The fraction of sp³-hybridized carbons (Fsp3) is 0.682. The predicted octanol–water partition coefficient (Wildman–Crippen LogP) is 4.66. The fourth-order valence-corrected chi connectivity index (χ4v) is 7.46. The quantitative estimate of drug-likeness (QED) is 0.767. The standard InChI is InChI=1S/C22H32O5S/c1-14-7-8-20-18(6-5-9-22(20,2)3)19(14)13-28(25,26)17-11-15(21(23)24)10-16(12-17)27-4/h10-12,14,18-20H,5-9,13H2,1-4H3,(H,23,24). The summed E-state index contributed by atoms with van der Waals surface area (Å²) in [6, 6.07) is 4.05. The van der Waals surface area contributed by atoms with Gasteiger partial charge in [0.05, 0.1) is 23.3 Å². The largest absolute Gasteiger partial charge is 0.497 e. The molecule has 2 fully saturated rings. The Hall–Kier alpha value is -1.56. The molecular formula is C22H32O5S. The highest BCUT2D eigenvalue weighted by Crippen LogP contribution is 2.54. The molecule has 0 amide bonds. The summed E-state index contributed by atoms with van der Waals surface area (Å²) < 4.78 is 31.7. The summed E-state index contributed by atoms with van der Waals surface area (Å²) in [6.07, 6.45) is 5.69. The Labute approximate surface area is 168 Å². The van der Waals surface area contributed by atoms with Crippen LogP contribution in [-0.4, -0.2) is 32.4 Å². The van der Waals surface area contributed by atoms with Crippen LogP contribution in [0.25, 0.3) is 0 Å². The van der Waals surface area contributed by atoms with Crippen LogP contribution in [0, 0.1) is 29.1 Å². The summed E-state index contributed by atoms with van der Waals surface area (Å²) in [7, 11) is -2.20. The van der Waals surface area contributed by atoms with Gasteiger partial charge in [0.1, 0.15) is 5.75 Å². The highest BCUT2D eigenvalue weighted by Gasteiger charge is 2.47. The maximum absolute atomic E-state index is 13.3. The second-order valence-corrected chi connectivity index (χ2v) is 11.4. The van der Waals surface area contributed by atoms with Gasteiger partial charge in [-0.2, -0.15) is 0 Å². The number of hydrogen-bond donors (Lipinski definition) is 1. The number of benzene rings is 1. The van der Waals surface area contributed by atoms with E-state index in [4.69, 9.17) is 4.74 Å². The van der Waals surface area contributed by atoms with Crippen molar-refractivity contribution in [1.82, 2.24) is 0 Å². The summed E-state index contributed by atoms with van der Waals surface area (Å²) in [5.41, 5.74) is 0.198. The van der Waals surface area contributed by atoms with Crippen LogP contribution in [0.1, 0.15) is 63.2 Å². The molecule has 2 aliphatic rings. The molecule has 0 radical (unpaired) electrons. The van der Waals surface area contributed by atoms with Gasteiger partial charge in [-0.05, 0) is 66.5 Å². The van der Waals surface area contributed by atoms with E-state index >= 15 is 0 Å². The molecule has 0 bridgehead atoms. The third-order valence-electron chi connectivity index (χ3n) is 7.23. The molecule has 1 aromatic rings. The highest BCUT2D eigenvalue weighted by atomic mass is 32.2. The van der Waals surface area contributed by atoms with E-state index in [9.17, 15) is 18.3 Å². The summed E-state index contributed by atoms with van der Waals surface area (Å²) >= 11 is 0. The van der Waals surface area contributed by atoms with Crippen molar-refractivity contribution in [3.8, 4) is 5.75 Å². The minimum absolute atomic E-state index is 0.0497. The van der Waals surface area contributed by atoms with Crippen LogP contribution in [0.15, 0.2) is 23.1 Å². The fourth-order valence-electron chi connectivity index (χ4n) is 5.59. The number of methoxy groups -OCH3 is 1. The number of aromatic carboxylic acids is 1. The van der Waals surface area contributed by atoms with E-state index in [2.05, 4.69) is 20.8 Å². The van der Waals surface area contributed by atoms with Gasteiger partial charge in [-0.1, -0.05) is 33.6 Å². The average Bonchev–Trinajstić information content (AvgIpc) is 2.63. The molecule has 0 heterocycles. The summed E-state index contributed by atoms with van der Waals surface area (Å²) in [6.45, 7) is 6.82. The zero-order valence-corrected chi connectivity index (χ0v) is 18.1. The van der Waals surface area contributed by atoms with E-state index < -0.39 is 15.8 Å². The molecule has 4 unspecified atom stereocenters. The van der Waals surface area contributed by atoms with E-state index in [1.807, 2.05) is 0 Å². The monoisotopic (exact) mass is 408 g/mol. The molecule has 3 rings (SSSR count). The number of carbonyl (C=O) groups is 1. The van der Waals surface area contributed by atoms with Crippen molar-refractivity contribution in [2.24, 2.45) is 29.1 Å². The molecule has 1 aromatic carbocycles. The van der Waals surface area contributed by atoms with Crippen molar-refractivity contribution in [3.05, 3.63) is 23.8 Å². The smallest absolute Gasteiger partial charge is 0.335 e. The van der Waals surface area contributed by atoms with Crippen LogP contribution in [0.4, 0.5) is 0 Å². The van der Waals surface area contributed by atoms with Crippen molar-refractivity contribution >= 4 is 15.8 Å². The van der Waals surface area contributed by atoms with Gasteiger partial charge < -0.3 is 9.84 Å². The average molecular weight is 409 g/mol. The number of fused-ring (bicyclic) bond motifs is 1. The van der Waals surface area contributed by atoms with Gasteiger partial charge in [0.2, 0.25) is 0 Å². The summed E-state index contributed by atoms with van der Waals surface area (Å²) in [5, 5.41) is 9.32. The van der Waals surface area contributed by atoms with E-state index in [-0.39, 0.29) is 33.3 Å². The van der Waals surface area contributed by atoms with Crippen LogP contribution in [0.5, 0.6) is 5.75 Å². The van der Waals surface area contributed by atoms with Gasteiger partial charge >= 0.3 is 5.97 Å². The van der Waals surface area contributed by atoms with Crippen molar-refractivity contribution in [3.63, 3.8) is 0 Å². The molecular weight excluding hydrogens is 376 g/mol. The van der Waals surface area contributed by atoms with E-state index in [1.165, 1.54) is 38.2 Å². The lowest BCUT2D eigenvalue weighted by Gasteiger charge is -2.52. The molecule has 156 valence electrons. The zero-order valence-electron chi connectivity index (χ0n) is 17.3. The zero-order chi connectivity index (χ0) is 20.7. The van der Waals surface area contributed by atoms with E-state index in [1.54, 1.807) is 0 Å². The number of rotatable bonds is 5. The molecule has 0 spiro atoms. The maximum Gasteiger partial charge on any atom is 0.335 e. The Kier molecular flexibility index (Phi) is 5.81. The van der Waals surface area contributed by atoms with Gasteiger partial charge in [0, 0.05) is 0 Å². The third kappa shape index (κ3) is 4.07. The molecule has 1 N–H and O–H groups in total. The van der Waals surface area contributed by atoms with Crippen molar-refractivity contribution < 1.29 is 23.1 Å². The van der Waals surface area contributed by atoms with Gasteiger partial charge in [-0.3, -0.25) is 0 Å². The maximum atomic E-state index is 13.3. The number of ether oxygens (including phenoxy) is 1. The first kappa shape index (κ1) is 21.2. The number of hydrogen-bond acceptors (Lipinski definition) is 4. The summed E-state index contributed by atoms with van der Waals surface area (Å²) in [4.78, 5) is 11.4. The minimum atomic E-state index is -3.61. The topological polar surface area (TPSA) is 80.7 Å². The molecule has 0 saturated heterocycles. The summed E-state index contributed by atoms with van der Waals surface area (Å²) in [5.74, 6) is 0.640. The Bertz CT molecular complexity index is 842. The first-order valence-corrected chi connectivity index (χ1v) is 11.9.